The number of amidine groups is 1. The summed E-state index contributed by atoms with van der Waals surface area (Å²) in [4.78, 5) is 32.0. The number of thioether (sulfide) groups is 1. The predicted molar refractivity (Wildman–Crippen MR) is 92.3 cm³/mol. The summed E-state index contributed by atoms with van der Waals surface area (Å²) in [6.07, 6.45) is 1.97. The van der Waals surface area contributed by atoms with E-state index in [0.717, 1.165) is 10.6 Å². The third kappa shape index (κ3) is 2.98. The van der Waals surface area contributed by atoms with Crippen LogP contribution in [0.25, 0.3) is 0 Å². The van der Waals surface area contributed by atoms with Gasteiger partial charge in [-0.15, -0.1) is 11.3 Å². The zero-order valence-electron chi connectivity index (χ0n) is 12.7. The first kappa shape index (κ1) is 16.0. The molecule has 2 aliphatic rings. The largest absolute Gasteiger partial charge is 0.458 e. The summed E-state index contributed by atoms with van der Waals surface area (Å²) in [5.74, 6) is 0.254. The number of carbonyl (C=O) groups is 2. The number of nitrogens with zero attached hydrogens (tertiary/aromatic N) is 2. The Bertz CT molecular complexity index is 707. The molecule has 0 aliphatic carbocycles. The molecular formula is C16H16N2O3S2. The minimum absolute atomic E-state index is 0.0116. The Morgan fingerprint density at radius 3 is 3.13 bits per heavy atom. The third-order valence-electron chi connectivity index (χ3n) is 3.57. The topological polar surface area (TPSA) is 59.0 Å². The molecule has 120 valence electrons. The molecule has 2 aliphatic heterocycles. The van der Waals surface area contributed by atoms with Crippen molar-refractivity contribution in [1.82, 2.24) is 4.90 Å². The molecule has 0 saturated carbocycles. The van der Waals surface area contributed by atoms with Crippen LogP contribution in [-0.4, -0.2) is 34.3 Å². The SMILES string of the molecule is C=CCOC(=O)C1=C(C)N=C2SCCC(=O)N2[C@H]1c1cccs1. The Morgan fingerprint density at radius 1 is 1.61 bits per heavy atom. The van der Waals surface area contributed by atoms with Crippen LogP contribution in [0.5, 0.6) is 0 Å². The van der Waals surface area contributed by atoms with Gasteiger partial charge in [-0.05, 0) is 18.4 Å². The Labute approximate surface area is 142 Å². The molecule has 1 fully saturated rings. The average Bonchev–Trinajstić information content (AvgIpc) is 3.05. The second kappa shape index (κ2) is 6.72. The van der Waals surface area contributed by atoms with E-state index in [0.29, 0.717) is 22.9 Å². The Morgan fingerprint density at radius 2 is 2.43 bits per heavy atom. The molecule has 3 heterocycles. The molecule has 0 spiro atoms. The lowest BCUT2D eigenvalue weighted by atomic mass is 10.00. The molecule has 0 aromatic carbocycles. The number of aliphatic imine (C=N–C) groups is 1. The highest BCUT2D eigenvalue weighted by Gasteiger charge is 2.42. The highest BCUT2D eigenvalue weighted by molar-refractivity contribution is 8.14. The monoisotopic (exact) mass is 348 g/mol. The van der Waals surface area contributed by atoms with Gasteiger partial charge in [-0.3, -0.25) is 9.69 Å². The molecule has 0 bridgehead atoms. The van der Waals surface area contributed by atoms with Crippen molar-refractivity contribution in [2.75, 3.05) is 12.4 Å². The maximum absolute atomic E-state index is 12.5. The van der Waals surface area contributed by atoms with Gasteiger partial charge in [0.2, 0.25) is 5.91 Å². The van der Waals surface area contributed by atoms with Gasteiger partial charge in [-0.2, -0.15) is 0 Å². The van der Waals surface area contributed by atoms with Crippen molar-refractivity contribution in [1.29, 1.82) is 0 Å². The van der Waals surface area contributed by atoms with Crippen molar-refractivity contribution in [2.24, 2.45) is 4.99 Å². The number of hydrogen-bond acceptors (Lipinski definition) is 6. The van der Waals surface area contributed by atoms with Crippen LogP contribution in [0.1, 0.15) is 24.3 Å². The van der Waals surface area contributed by atoms with Gasteiger partial charge in [-0.1, -0.05) is 30.5 Å². The van der Waals surface area contributed by atoms with Crippen molar-refractivity contribution < 1.29 is 14.3 Å². The van der Waals surface area contributed by atoms with E-state index < -0.39 is 12.0 Å². The van der Waals surface area contributed by atoms with Gasteiger partial charge in [-0.25, -0.2) is 9.79 Å². The van der Waals surface area contributed by atoms with Crippen LogP contribution in [-0.2, 0) is 14.3 Å². The number of ether oxygens (including phenoxy) is 1. The fourth-order valence-corrected chi connectivity index (χ4v) is 4.42. The van der Waals surface area contributed by atoms with Gasteiger partial charge >= 0.3 is 5.97 Å². The first-order chi connectivity index (χ1) is 11.1. The van der Waals surface area contributed by atoms with Gasteiger partial charge in [0, 0.05) is 17.1 Å². The van der Waals surface area contributed by atoms with E-state index in [1.165, 1.54) is 17.4 Å². The summed E-state index contributed by atoms with van der Waals surface area (Å²) in [5.41, 5.74) is 1.03. The molecule has 1 amide bonds. The number of thiophene rings is 1. The molecule has 0 unspecified atom stereocenters. The van der Waals surface area contributed by atoms with Gasteiger partial charge < -0.3 is 4.74 Å². The maximum Gasteiger partial charge on any atom is 0.338 e. The van der Waals surface area contributed by atoms with Crippen molar-refractivity contribution >= 4 is 40.1 Å². The summed E-state index contributed by atoms with van der Waals surface area (Å²) in [7, 11) is 0. The summed E-state index contributed by atoms with van der Waals surface area (Å²) >= 11 is 3.06. The minimum atomic E-state index is -0.458. The first-order valence-electron chi connectivity index (χ1n) is 7.19. The number of carbonyl (C=O) groups excluding carboxylic acids is 2. The molecule has 1 saturated heterocycles. The molecule has 1 aromatic rings. The molecule has 5 nitrogen and oxygen atoms in total. The third-order valence-corrected chi connectivity index (χ3v) is 5.45. The highest BCUT2D eigenvalue weighted by atomic mass is 32.2. The quantitative estimate of drug-likeness (QED) is 0.620. The van der Waals surface area contributed by atoms with Crippen LogP contribution in [0.3, 0.4) is 0 Å². The van der Waals surface area contributed by atoms with Crippen LogP contribution < -0.4 is 0 Å². The van der Waals surface area contributed by atoms with E-state index in [4.69, 9.17) is 4.74 Å². The molecule has 1 aromatic heterocycles. The summed E-state index contributed by atoms with van der Waals surface area (Å²) < 4.78 is 5.22. The van der Waals surface area contributed by atoms with Crippen molar-refractivity contribution in [3.63, 3.8) is 0 Å². The number of allylic oxidation sites excluding steroid dienone is 1. The van der Waals surface area contributed by atoms with Gasteiger partial charge in [0.15, 0.2) is 5.17 Å². The van der Waals surface area contributed by atoms with Crippen molar-refractivity contribution in [3.05, 3.63) is 46.3 Å². The number of hydrogen-bond donors (Lipinski definition) is 0. The number of fused-ring (bicyclic) bond motifs is 1. The zero-order chi connectivity index (χ0) is 16.4. The molecular weight excluding hydrogens is 332 g/mol. The molecule has 23 heavy (non-hydrogen) atoms. The Kier molecular flexibility index (Phi) is 4.68. The van der Waals surface area contributed by atoms with Crippen LogP contribution in [0.4, 0.5) is 0 Å². The van der Waals surface area contributed by atoms with E-state index in [-0.39, 0.29) is 12.5 Å². The van der Waals surface area contributed by atoms with Crippen LogP contribution in [0.2, 0.25) is 0 Å². The van der Waals surface area contributed by atoms with E-state index in [2.05, 4.69) is 11.6 Å². The smallest absolute Gasteiger partial charge is 0.338 e. The zero-order valence-corrected chi connectivity index (χ0v) is 14.3. The van der Waals surface area contributed by atoms with Gasteiger partial charge in [0.1, 0.15) is 12.6 Å². The Hall–Kier alpha value is -1.86. The van der Waals surface area contributed by atoms with E-state index >= 15 is 0 Å². The molecule has 1 atom stereocenters. The standard InChI is InChI=1S/C16H16N2O3S2/c1-3-7-21-15(20)13-10(2)17-16-18(12(19)6-9-23-16)14(13)11-5-4-8-22-11/h3-5,8,14H,1,6-7,9H2,2H3/t14-/m0/s1. The number of amides is 1. The van der Waals surface area contributed by atoms with Crippen LogP contribution in [0.15, 0.2) is 46.4 Å². The van der Waals surface area contributed by atoms with E-state index in [9.17, 15) is 9.59 Å². The molecule has 0 radical (unpaired) electrons. The average molecular weight is 348 g/mol. The van der Waals surface area contributed by atoms with Crippen LogP contribution >= 0.6 is 23.1 Å². The lowest BCUT2D eigenvalue weighted by Crippen LogP contribution is -2.45. The summed E-state index contributed by atoms with van der Waals surface area (Å²) in [6, 6.07) is 3.38. The van der Waals surface area contributed by atoms with Crippen LogP contribution in [0, 0.1) is 0 Å². The molecule has 7 heteroatoms. The molecule has 3 rings (SSSR count). The summed E-state index contributed by atoms with van der Waals surface area (Å²) in [5, 5.41) is 2.60. The fraction of sp³-hybridized carbons (Fsp3) is 0.312. The number of rotatable bonds is 4. The normalized spacial score (nSPS) is 20.9. The van der Waals surface area contributed by atoms with Gasteiger partial charge in [0.05, 0.1) is 11.3 Å². The van der Waals surface area contributed by atoms with Gasteiger partial charge in [0.25, 0.3) is 0 Å². The lowest BCUT2D eigenvalue weighted by molar-refractivity contribution is -0.139. The molecule has 0 N–H and O–H groups in total. The van der Waals surface area contributed by atoms with E-state index in [1.807, 2.05) is 17.5 Å². The Balaban J connectivity index is 2.08. The predicted octanol–water partition coefficient (Wildman–Crippen LogP) is 3.13. The first-order valence-corrected chi connectivity index (χ1v) is 9.05. The highest BCUT2D eigenvalue weighted by Crippen LogP contribution is 2.41. The lowest BCUT2D eigenvalue weighted by Gasteiger charge is -2.38. The second-order valence-corrected chi connectivity index (χ2v) is 7.10. The van der Waals surface area contributed by atoms with E-state index in [1.54, 1.807) is 23.6 Å². The van der Waals surface area contributed by atoms with Crippen molar-refractivity contribution in [2.45, 2.75) is 19.4 Å². The maximum atomic E-state index is 12.5. The minimum Gasteiger partial charge on any atom is -0.458 e. The summed E-state index contributed by atoms with van der Waals surface area (Å²) in [6.45, 7) is 5.47. The number of esters is 1. The van der Waals surface area contributed by atoms with Crippen molar-refractivity contribution in [3.8, 4) is 0 Å². The fourth-order valence-electron chi connectivity index (χ4n) is 2.59. The second-order valence-electron chi connectivity index (χ2n) is 5.06.